The molecule has 0 N–H and O–H groups in total. The molecule has 1 fully saturated rings. The van der Waals surface area contributed by atoms with Crippen LogP contribution in [0.4, 0.5) is 8.78 Å². The van der Waals surface area contributed by atoms with Crippen LogP contribution in [-0.4, -0.2) is 41.9 Å². The van der Waals surface area contributed by atoms with Gasteiger partial charge in [0, 0.05) is 31.5 Å². The van der Waals surface area contributed by atoms with E-state index in [1.54, 1.807) is 12.2 Å². The molecule has 1 atom stereocenters. The lowest BCUT2D eigenvalue weighted by atomic mass is 10.0. The quantitative estimate of drug-likeness (QED) is 0.634. The lowest BCUT2D eigenvalue weighted by Crippen LogP contribution is -2.50. The summed E-state index contributed by atoms with van der Waals surface area (Å²) in [4.78, 5) is 3.97. The van der Waals surface area contributed by atoms with Crippen LogP contribution in [-0.2, 0) is 0 Å². The Labute approximate surface area is 146 Å². The third-order valence-electron chi connectivity index (χ3n) is 3.85. The first-order valence-electron chi connectivity index (χ1n) is 8.22. The Kier molecular flexibility index (Phi) is 10.2. The minimum absolute atomic E-state index is 0. The zero-order valence-corrected chi connectivity index (χ0v) is 14.6. The van der Waals surface area contributed by atoms with Gasteiger partial charge in [-0.15, -0.1) is 0 Å². The third kappa shape index (κ3) is 5.45. The molecule has 2 aliphatic heterocycles. The van der Waals surface area contributed by atoms with E-state index in [1.807, 2.05) is 57.0 Å². The summed E-state index contributed by atoms with van der Waals surface area (Å²) >= 11 is 0. The first kappa shape index (κ1) is 22.3. The molecule has 2 heterocycles. The second kappa shape index (κ2) is 11.0. The summed E-state index contributed by atoms with van der Waals surface area (Å²) in [6.45, 7) is 13.4. The van der Waals surface area contributed by atoms with Gasteiger partial charge in [0.05, 0.1) is 6.04 Å². The molecule has 0 bridgehead atoms. The Hall–Kier alpha value is -1.68. The van der Waals surface area contributed by atoms with E-state index in [4.69, 9.17) is 0 Å². The molecule has 0 amide bonds. The summed E-state index contributed by atoms with van der Waals surface area (Å²) in [5, 5.41) is 0. The van der Waals surface area contributed by atoms with Crippen LogP contribution in [0, 0.1) is 0 Å². The van der Waals surface area contributed by atoms with Gasteiger partial charge in [0.15, 0.2) is 0 Å². The molecule has 0 radical (unpaired) electrons. The van der Waals surface area contributed by atoms with Gasteiger partial charge in [0.1, 0.15) is 0 Å². The van der Waals surface area contributed by atoms with Crippen LogP contribution in [0.2, 0.25) is 0 Å². The van der Waals surface area contributed by atoms with Crippen molar-refractivity contribution in [2.75, 3.05) is 19.6 Å². The Balaban J connectivity index is 0.00000170. The number of piperazine rings is 1. The first-order valence-corrected chi connectivity index (χ1v) is 8.22. The van der Waals surface area contributed by atoms with Crippen molar-refractivity contribution >= 4 is 0 Å². The molecule has 1 saturated heterocycles. The van der Waals surface area contributed by atoms with E-state index < -0.39 is 12.5 Å². The van der Waals surface area contributed by atoms with Crippen LogP contribution < -0.4 is 0 Å². The number of alkyl halides is 2. The highest BCUT2D eigenvalue weighted by molar-refractivity contribution is 5.36. The highest BCUT2D eigenvalue weighted by atomic mass is 19.3. The van der Waals surface area contributed by atoms with Gasteiger partial charge in [-0.2, -0.15) is 0 Å². The number of rotatable bonds is 4. The molecule has 0 aromatic heterocycles. The zero-order chi connectivity index (χ0) is 17.4. The van der Waals surface area contributed by atoms with Crippen LogP contribution in [0.1, 0.15) is 35.1 Å². The SMILES string of the molecule is C.C=C1C=CN2CCN(C(C(/C=C\C)=C/C)C(F)F)CC2=C1.CC. The fourth-order valence-corrected chi connectivity index (χ4v) is 2.82. The lowest BCUT2D eigenvalue weighted by Gasteiger charge is -2.41. The van der Waals surface area contributed by atoms with Crippen molar-refractivity contribution < 1.29 is 8.78 Å². The van der Waals surface area contributed by atoms with Gasteiger partial charge in [0.25, 0.3) is 6.43 Å². The normalized spacial score (nSPS) is 19.5. The van der Waals surface area contributed by atoms with Crippen molar-refractivity contribution in [3.63, 3.8) is 0 Å². The highest BCUT2D eigenvalue weighted by Gasteiger charge is 2.33. The predicted molar refractivity (Wildman–Crippen MR) is 101 cm³/mol. The maximum Gasteiger partial charge on any atom is 0.258 e. The Morgan fingerprint density at radius 3 is 2.46 bits per heavy atom. The highest BCUT2D eigenvalue weighted by Crippen LogP contribution is 2.27. The van der Waals surface area contributed by atoms with E-state index in [9.17, 15) is 8.78 Å². The van der Waals surface area contributed by atoms with Crippen LogP contribution >= 0.6 is 0 Å². The topological polar surface area (TPSA) is 6.48 Å². The number of allylic oxidation sites excluding steroid dienone is 5. The van der Waals surface area contributed by atoms with Crippen LogP contribution in [0.3, 0.4) is 0 Å². The molecular weight excluding hydrogens is 306 g/mol. The van der Waals surface area contributed by atoms with Gasteiger partial charge >= 0.3 is 0 Å². The maximum atomic E-state index is 13.6. The number of nitrogens with zero attached hydrogens (tertiary/aromatic N) is 2. The average molecular weight is 338 g/mol. The minimum atomic E-state index is -2.40. The minimum Gasteiger partial charge on any atom is -0.349 e. The van der Waals surface area contributed by atoms with Gasteiger partial charge in [0.2, 0.25) is 0 Å². The third-order valence-corrected chi connectivity index (χ3v) is 3.85. The number of hydrogen-bond acceptors (Lipinski definition) is 2. The molecule has 0 spiro atoms. The molecule has 0 saturated carbocycles. The molecule has 1 unspecified atom stereocenters. The van der Waals surface area contributed by atoms with Crippen molar-refractivity contribution in [2.45, 2.75) is 47.6 Å². The van der Waals surface area contributed by atoms with Gasteiger partial charge in [-0.05, 0) is 37.1 Å². The van der Waals surface area contributed by atoms with Gasteiger partial charge in [-0.3, -0.25) is 4.90 Å². The number of fused-ring (bicyclic) bond motifs is 1. The molecule has 4 heteroatoms. The fraction of sp³-hybridized carbons (Fsp3) is 0.500. The molecule has 0 aliphatic carbocycles. The molecule has 0 aromatic rings. The largest absolute Gasteiger partial charge is 0.349 e. The lowest BCUT2D eigenvalue weighted by molar-refractivity contribution is 0.0356. The summed E-state index contributed by atoms with van der Waals surface area (Å²) in [5.74, 6) is 0. The summed E-state index contributed by atoms with van der Waals surface area (Å²) < 4.78 is 27.1. The van der Waals surface area contributed by atoms with E-state index in [-0.39, 0.29) is 7.43 Å². The molecule has 2 aliphatic rings. The second-order valence-electron chi connectivity index (χ2n) is 5.26. The van der Waals surface area contributed by atoms with E-state index in [2.05, 4.69) is 11.5 Å². The number of halogens is 2. The Morgan fingerprint density at radius 1 is 1.25 bits per heavy atom. The van der Waals surface area contributed by atoms with Crippen LogP contribution in [0.15, 0.2) is 60.0 Å². The van der Waals surface area contributed by atoms with E-state index >= 15 is 0 Å². The van der Waals surface area contributed by atoms with Crippen LogP contribution in [0.5, 0.6) is 0 Å². The van der Waals surface area contributed by atoms with Crippen molar-refractivity contribution in [1.29, 1.82) is 0 Å². The monoisotopic (exact) mass is 338 g/mol. The molecule has 24 heavy (non-hydrogen) atoms. The summed E-state index contributed by atoms with van der Waals surface area (Å²) in [5.41, 5.74) is 2.62. The Morgan fingerprint density at radius 2 is 1.92 bits per heavy atom. The molecule has 2 nitrogen and oxygen atoms in total. The van der Waals surface area contributed by atoms with Crippen molar-refractivity contribution in [2.24, 2.45) is 0 Å². The predicted octanol–water partition coefficient (Wildman–Crippen LogP) is 5.39. The Bertz CT molecular complexity index is 516. The summed E-state index contributed by atoms with van der Waals surface area (Å²) in [6, 6.07) is -0.853. The first-order chi connectivity index (χ1) is 11.1. The molecule has 0 aromatic carbocycles. The summed E-state index contributed by atoms with van der Waals surface area (Å²) in [7, 11) is 0. The maximum absolute atomic E-state index is 13.6. The molecule has 136 valence electrons. The zero-order valence-electron chi connectivity index (χ0n) is 14.6. The molecule has 2 rings (SSSR count). The second-order valence-corrected chi connectivity index (χ2v) is 5.26. The van der Waals surface area contributed by atoms with Gasteiger partial charge in [-0.1, -0.05) is 46.1 Å². The summed E-state index contributed by atoms with van der Waals surface area (Å²) in [6.07, 6.45) is 8.86. The van der Waals surface area contributed by atoms with Crippen molar-refractivity contribution in [3.8, 4) is 0 Å². The van der Waals surface area contributed by atoms with Crippen molar-refractivity contribution in [1.82, 2.24) is 9.80 Å². The fourth-order valence-electron chi connectivity index (χ4n) is 2.82. The van der Waals surface area contributed by atoms with Crippen molar-refractivity contribution in [3.05, 3.63) is 60.0 Å². The van der Waals surface area contributed by atoms with E-state index in [0.717, 1.165) is 17.8 Å². The molecular formula is C20H32F2N2. The average Bonchev–Trinajstić information content (AvgIpc) is 2.55. The van der Waals surface area contributed by atoms with E-state index in [0.29, 0.717) is 18.7 Å². The van der Waals surface area contributed by atoms with Crippen LogP contribution in [0.25, 0.3) is 0 Å². The smallest absolute Gasteiger partial charge is 0.258 e. The number of hydrogen-bond donors (Lipinski definition) is 0. The van der Waals surface area contributed by atoms with Gasteiger partial charge in [-0.25, -0.2) is 8.78 Å². The van der Waals surface area contributed by atoms with Gasteiger partial charge < -0.3 is 4.90 Å². The van der Waals surface area contributed by atoms with E-state index in [1.165, 1.54) is 0 Å². The standard InChI is InChI=1S/C17H22F2N2.C2H6.CH4/c1-4-6-14(5-2)16(17(18)19)21-10-9-20-8-7-13(3)11-15(20)12-21;1-2;/h4-8,11,16-17H,3,9-10,12H2,1-2H3;1-2H3;1H4/b6-4-,14-5+;;.